The molecule has 4 nitrogen and oxygen atoms in total. The number of nitrogens with one attached hydrogen (secondary N) is 1. The van der Waals surface area contributed by atoms with Gasteiger partial charge in [0.1, 0.15) is 5.54 Å². The topological polar surface area (TPSA) is 41.6 Å². The molecule has 0 spiro atoms. The number of hydrogen-bond donors (Lipinski definition) is 1. The Morgan fingerprint density at radius 3 is 2.52 bits per heavy atom. The summed E-state index contributed by atoms with van der Waals surface area (Å²) in [7, 11) is 0. The van der Waals surface area contributed by atoms with Crippen molar-refractivity contribution in [1.82, 2.24) is 10.2 Å². The summed E-state index contributed by atoms with van der Waals surface area (Å²) in [5, 5.41) is 3.58. The molecular weight excluding hydrogens is 264 g/mol. The quantitative estimate of drug-likeness (QED) is 0.700. The minimum absolute atomic E-state index is 0.0522. The van der Waals surface area contributed by atoms with Gasteiger partial charge in [-0.15, -0.1) is 0 Å². The second-order valence-electron chi connectivity index (χ2n) is 6.30. The van der Waals surface area contributed by atoms with Crippen LogP contribution >= 0.6 is 0 Å². The van der Waals surface area contributed by atoms with Crippen LogP contribution in [0.5, 0.6) is 0 Å². The van der Waals surface area contributed by atoms with Gasteiger partial charge >= 0.3 is 5.97 Å². The van der Waals surface area contributed by atoms with Gasteiger partial charge in [-0.2, -0.15) is 0 Å². The first-order chi connectivity index (χ1) is 10.0. The number of esters is 1. The molecule has 0 radical (unpaired) electrons. The molecule has 0 amide bonds. The van der Waals surface area contributed by atoms with Gasteiger partial charge in [0.15, 0.2) is 0 Å². The molecule has 3 atom stereocenters. The number of carbonyl (C=O) groups is 1. The Morgan fingerprint density at radius 1 is 1.29 bits per heavy atom. The van der Waals surface area contributed by atoms with Crippen molar-refractivity contribution in [1.29, 1.82) is 0 Å². The van der Waals surface area contributed by atoms with Crippen molar-refractivity contribution in [2.24, 2.45) is 11.8 Å². The zero-order valence-electron chi connectivity index (χ0n) is 14.6. The van der Waals surface area contributed by atoms with E-state index in [9.17, 15) is 4.79 Å². The van der Waals surface area contributed by atoms with Gasteiger partial charge in [-0.05, 0) is 38.3 Å². The van der Waals surface area contributed by atoms with Crippen LogP contribution in [0, 0.1) is 11.8 Å². The third kappa shape index (κ3) is 4.43. The summed E-state index contributed by atoms with van der Waals surface area (Å²) in [6, 6.07) is 0. The molecule has 4 heteroatoms. The molecule has 1 fully saturated rings. The van der Waals surface area contributed by atoms with Crippen molar-refractivity contribution in [2.45, 2.75) is 59.4 Å². The van der Waals surface area contributed by atoms with Gasteiger partial charge in [0.05, 0.1) is 6.61 Å². The lowest BCUT2D eigenvalue weighted by Crippen LogP contribution is -2.61. The van der Waals surface area contributed by atoms with Crippen LogP contribution in [0.3, 0.4) is 0 Å². The van der Waals surface area contributed by atoms with Crippen molar-refractivity contribution in [3.05, 3.63) is 0 Å². The molecule has 1 N–H and O–H groups in total. The second kappa shape index (κ2) is 8.74. The minimum atomic E-state index is -0.485. The molecule has 0 saturated heterocycles. The van der Waals surface area contributed by atoms with E-state index in [1.165, 1.54) is 6.42 Å². The second-order valence-corrected chi connectivity index (χ2v) is 6.30. The van der Waals surface area contributed by atoms with Crippen LogP contribution in [0.1, 0.15) is 53.9 Å². The van der Waals surface area contributed by atoms with Crippen molar-refractivity contribution in [2.75, 3.05) is 32.8 Å². The van der Waals surface area contributed by atoms with E-state index in [0.29, 0.717) is 18.4 Å². The smallest absolute Gasteiger partial charge is 0.326 e. The Kier molecular flexibility index (Phi) is 7.67. The first-order valence-electron chi connectivity index (χ1n) is 8.66. The van der Waals surface area contributed by atoms with Crippen molar-refractivity contribution in [3.63, 3.8) is 0 Å². The lowest BCUT2D eigenvalue weighted by Gasteiger charge is -2.44. The highest BCUT2D eigenvalue weighted by Crippen LogP contribution is 2.38. The number of nitrogens with zero attached hydrogens (tertiary/aromatic N) is 1. The Morgan fingerprint density at radius 2 is 1.95 bits per heavy atom. The molecular formula is C17H34N2O2. The summed E-state index contributed by atoms with van der Waals surface area (Å²) in [6.07, 6.45) is 3.21. The van der Waals surface area contributed by atoms with Crippen LogP contribution in [0.25, 0.3) is 0 Å². The van der Waals surface area contributed by atoms with Gasteiger partial charge in [0, 0.05) is 13.1 Å². The Bertz CT molecular complexity index is 318. The summed E-state index contributed by atoms with van der Waals surface area (Å²) < 4.78 is 5.40. The summed E-state index contributed by atoms with van der Waals surface area (Å²) in [5.41, 5.74) is -0.485. The van der Waals surface area contributed by atoms with E-state index in [0.717, 1.165) is 39.0 Å². The Hall–Kier alpha value is -0.610. The lowest BCUT2D eigenvalue weighted by molar-refractivity contribution is -0.156. The zero-order valence-corrected chi connectivity index (χ0v) is 14.6. The first-order valence-corrected chi connectivity index (χ1v) is 8.66. The maximum atomic E-state index is 12.6. The van der Waals surface area contributed by atoms with E-state index < -0.39 is 5.54 Å². The molecule has 0 aromatic rings. The molecule has 3 unspecified atom stereocenters. The highest BCUT2D eigenvalue weighted by Gasteiger charge is 2.48. The van der Waals surface area contributed by atoms with Gasteiger partial charge in [-0.3, -0.25) is 4.79 Å². The maximum Gasteiger partial charge on any atom is 0.326 e. The minimum Gasteiger partial charge on any atom is -0.465 e. The van der Waals surface area contributed by atoms with Gasteiger partial charge in [0.25, 0.3) is 0 Å². The SMILES string of the molecule is CCOC(=O)C1(NCCN(CC)CC)CCCC(C)C1C. The molecule has 0 aromatic heterocycles. The fraction of sp³-hybridized carbons (Fsp3) is 0.941. The fourth-order valence-corrected chi connectivity index (χ4v) is 3.51. The number of likely N-dealkylation sites (N-methyl/N-ethyl adjacent to an activating group) is 1. The summed E-state index contributed by atoms with van der Waals surface area (Å²) in [5.74, 6) is 0.828. The molecule has 124 valence electrons. The summed E-state index contributed by atoms with van der Waals surface area (Å²) in [6.45, 7) is 15.1. The molecule has 1 aliphatic rings. The molecule has 0 bridgehead atoms. The molecule has 0 aromatic carbocycles. The van der Waals surface area contributed by atoms with Gasteiger partial charge in [0.2, 0.25) is 0 Å². The molecule has 21 heavy (non-hydrogen) atoms. The van der Waals surface area contributed by atoms with Crippen LogP contribution in [0.2, 0.25) is 0 Å². The molecule has 0 aliphatic heterocycles. The van der Waals surface area contributed by atoms with Crippen LogP contribution < -0.4 is 5.32 Å². The van der Waals surface area contributed by atoms with Crippen molar-refractivity contribution >= 4 is 5.97 Å². The number of hydrogen-bond acceptors (Lipinski definition) is 4. The summed E-state index contributed by atoms with van der Waals surface area (Å²) in [4.78, 5) is 15.0. The highest BCUT2D eigenvalue weighted by atomic mass is 16.5. The summed E-state index contributed by atoms with van der Waals surface area (Å²) >= 11 is 0. The largest absolute Gasteiger partial charge is 0.465 e. The highest BCUT2D eigenvalue weighted by molar-refractivity contribution is 5.81. The third-order valence-electron chi connectivity index (χ3n) is 5.26. The maximum absolute atomic E-state index is 12.6. The predicted molar refractivity (Wildman–Crippen MR) is 87.3 cm³/mol. The molecule has 1 saturated carbocycles. The fourth-order valence-electron chi connectivity index (χ4n) is 3.51. The van der Waals surface area contributed by atoms with Crippen molar-refractivity contribution in [3.8, 4) is 0 Å². The number of carbonyl (C=O) groups excluding carboxylic acids is 1. The lowest BCUT2D eigenvalue weighted by atomic mass is 9.68. The van der Waals surface area contributed by atoms with Crippen LogP contribution in [-0.4, -0.2) is 49.2 Å². The number of rotatable bonds is 8. The van der Waals surface area contributed by atoms with Gasteiger partial charge in [-0.25, -0.2) is 0 Å². The van der Waals surface area contributed by atoms with E-state index in [2.05, 4.69) is 37.9 Å². The van der Waals surface area contributed by atoms with E-state index >= 15 is 0 Å². The molecule has 0 heterocycles. The van der Waals surface area contributed by atoms with E-state index in [4.69, 9.17) is 4.74 Å². The van der Waals surface area contributed by atoms with Crippen LogP contribution in [-0.2, 0) is 9.53 Å². The average Bonchev–Trinajstić information content (AvgIpc) is 2.48. The monoisotopic (exact) mass is 298 g/mol. The Balaban J connectivity index is 2.75. The predicted octanol–water partition coefficient (Wildman–Crippen LogP) is 2.68. The van der Waals surface area contributed by atoms with Crippen LogP contribution in [0.15, 0.2) is 0 Å². The molecule has 1 rings (SSSR count). The van der Waals surface area contributed by atoms with Crippen molar-refractivity contribution < 1.29 is 9.53 Å². The normalized spacial score (nSPS) is 29.6. The van der Waals surface area contributed by atoms with E-state index in [1.54, 1.807) is 0 Å². The van der Waals surface area contributed by atoms with E-state index in [-0.39, 0.29) is 5.97 Å². The average molecular weight is 298 g/mol. The third-order valence-corrected chi connectivity index (χ3v) is 5.26. The van der Waals surface area contributed by atoms with Gasteiger partial charge < -0.3 is 15.0 Å². The van der Waals surface area contributed by atoms with E-state index in [1.807, 2.05) is 6.92 Å². The molecule has 1 aliphatic carbocycles. The van der Waals surface area contributed by atoms with Gasteiger partial charge in [-0.1, -0.05) is 40.5 Å². The standard InChI is InChI=1S/C17H34N2O2/c1-6-19(7-2)13-12-18-17(16(20)21-8-3)11-9-10-14(4)15(17)5/h14-15,18H,6-13H2,1-5H3. The Labute approximate surface area is 130 Å². The van der Waals surface area contributed by atoms with Crippen LogP contribution in [0.4, 0.5) is 0 Å². The first kappa shape index (κ1) is 18.4. The number of ether oxygens (including phenoxy) is 1. The zero-order chi connectivity index (χ0) is 15.9.